The van der Waals surface area contributed by atoms with Gasteiger partial charge in [-0.3, -0.25) is 9.59 Å². The second kappa shape index (κ2) is 7.78. The van der Waals surface area contributed by atoms with Gasteiger partial charge in [0.25, 0.3) is 0 Å². The van der Waals surface area contributed by atoms with E-state index in [0.29, 0.717) is 32.4 Å². The van der Waals surface area contributed by atoms with Crippen LogP contribution in [0, 0.1) is 0 Å². The number of carbonyl (C=O) groups excluding carboxylic acids is 2. The lowest BCUT2D eigenvalue weighted by atomic mass is 10.1. The van der Waals surface area contributed by atoms with E-state index in [2.05, 4.69) is 5.32 Å². The van der Waals surface area contributed by atoms with Gasteiger partial charge < -0.3 is 15.3 Å². The molecule has 114 valence electrons. The van der Waals surface area contributed by atoms with Crippen molar-refractivity contribution in [3.05, 3.63) is 35.9 Å². The molecule has 1 unspecified atom stereocenters. The molecule has 21 heavy (non-hydrogen) atoms. The molecule has 1 aliphatic rings. The number of carbonyl (C=O) groups is 2. The summed E-state index contributed by atoms with van der Waals surface area (Å²) >= 11 is 0. The number of nitrogens with one attached hydrogen (secondary N) is 1. The molecule has 2 rings (SSSR count). The van der Waals surface area contributed by atoms with Crippen LogP contribution in [0.25, 0.3) is 0 Å². The zero-order valence-corrected chi connectivity index (χ0v) is 12.1. The first kappa shape index (κ1) is 15.5. The highest BCUT2D eigenvalue weighted by molar-refractivity contribution is 5.80. The Morgan fingerprint density at radius 2 is 2.10 bits per heavy atom. The Bertz CT molecular complexity index is 476. The number of benzene rings is 1. The van der Waals surface area contributed by atoms with Gasteiger partial charge in [0.15, 0.2) is 0 Å². The third-order valence-corrected chi connectivity index (χ3v) is 3.70. The molecule has 2 N–H and O–H groups in total. The fourth-order valence-corrected chi connectivity index (χ4v) is 2.46. The maximum atomic E-state index is 11.7. The summed E-state index contributed by atoms with van der Waals surface area (Å²) in [5, 5.41) is 12.8. The molecule has 0 saturated carbocycles. The number of amides is 2. The molecule has 1 fully saturated rings. The normalized spacial score (nSPS) is 16.0. The average Bonchev–Trinajstić information content (AvgIpc) is 2.91. The van der Waals surface area contributed by atoms with Crippen LogP contribution in [0.5, 0.6) is 0 Å². The van der Waals surface area contributed by atoms with Gasteiger partial charge in [-0.05, 0) is 18.4 Å². The molecule has 2 amide bonds. The first-order valence-corrected chi connectivity index (χ1v) is 7.44. The summed E-state index contributed by atoms with van der Waals surface area (Å²) < 4.78 is 0. The maximum Gasteiger partial charge on any atom is 0.222 e. The summed E-state index contributed by atoms with van der Waals surface area (Å²) in [5.74, 6) is 0.0669. The molecule has 1 aliphatic heterocycles. The molecule has 1 atom stereocenters. The topological polar surface area (TPSA) is 69.6 Å². The molecule has 1 aromatic carbocycles. The summed E-state index contributed by atoms with van der Waals surface area (Å²) in [7, 11) is 0. The Morgan fingerprint density at radius 3 is 2.76 bits per heavy atom. The predicted octanol–water partition coefficient (Wildman–Crippen LogP) is 1.24. The Balaban J connectivity index is 1.62. The number of aliphatic hydroxyl groups is 1. The molecule has 1 aromatic rings. The van der Waals surface area contributed by atoms with Crippen molar-refractivity contribution in [2.24, 2.45) is 0 Å². The van der Waals surface area contributed by atoms with Gasteiger partial charge >= 0.3 is 0 Å². The minimum absolute atomic E-state index is 0.0741. The van der Waals surface area contributed by atoms with Gasteiger partial charge in [0.2, 0.25) is 11.8 Å². The van der Waals surface area contributed by atoms with E-state index in [0.717, 1.165) is 18.5 Å². The van der Waals surface area contributed by atoms with Crippen LogP contribution >= 0.6 is 0 Å². The van der Waals surface area contributed by atoms with E-state index in [1.165, 1.54) is 0 Å². The predicted molar refractivity (Wildman–Crippen MR) is 79.5 cm³/mol. The highest BCUT2D eigenvalue weighted by atomic mass is 16.3. The molecule has 0 radical (unpaired) electrons. The van der Waals surface area contributed by atoms with Crippen LogP contribution in [-0.4, -0.2) is 41.5 Å². The highest BCUT2D eigenvalue weighted by Gasteiger charge is 2.20. The third-order valence-electron chi connectivity index (χ3n) is 3.70. The van der Waals surface area contributed by atoms with Crippen molar-refractivity contribution in [1.82, 2.24) is 10.2 Å². The van der Waals surface area contributed by atoms with E-state index in [9.17, 15) is 14.7 Å². The average molecular weight is 290 g/mol. The third kappa shape index (κ3) is 4.86. The standard InChI is InChI=1S/C16H22N2O3/c19-14(13-5-2-1-3-6-13)8-10-17-15(20)9-12-18-11-4-7-16(18)21/h1-3,5-6,14,19H,4,7-12H2,(H,17,20). The van der Waals surface area contributed by atoms with Gasteiger partial charge in [-0.1, -0.05) is 30.3 Å². The van der Waals surface area contributed by atoms with E-state index in [1.807, 2.05) is 30.3 Å². The Labute approximate surface area is 125 Å². The van der Waals surface area contributed by atoms with E-state index in [1.54, 1.807) is 4.90 Å². The number of hydrogen-bond acceptors (Lipinski definition) is 3. The molecule has 0 aromatic heterocycles. The summed E-state index contributed by atoms with van der Waals surface area (Å²) in [6.07, 6.45) is 1.74. The minimum Gasteiger partial charge on any atom is -0.388 e. The lowest BCUT2D eigenvalue weighted by Gasteiger charge is -2.15. The quantitative estimate of drug-likeness (QED) is 0.794. The molecular weight excluding hydrogens is 268 g/mol. The van der Waals surface area contributed by atoms with Crippen molar-refractivity contribution in [2.45, 2.75) is 31.8 Å². The number of nitrogens with zero attached hydrogens (tertiary/aromatic N) is 1. The molecule has 0 bridgehead atoms. The zero-order chi connectivity index (χ0) is 15.1. The molecule has 0 spiro atoms. The monoisotopic (exact) mass is 290 g/mol. The smallest absolute Gasteiger partial charge is 0.222 e. The van der Waals surface area contributed by atoms with Crippen LogP contribution < -0.4 is 5.32 Å². The van der Waals surface area contributed by atoms with E-state index in [-0.39, 0.29) is 11.8 Å². The van der Waals surface area contributed by atoms with Gasteiger partial charge in [0.1, 0.15) is 0 Å². The van der Waals surface area contributed by atoms with Crippen LogP contribution in [0.4, 0.5) is 0 Å². The summed E-state index contributed by atoms with van der Waals surface area (Å²) in [6, 6.07) is 9.39. The van der Waals surface area contributed by atoms with Crippen LogP contribution in [0.1, 0.15) is 37.4 Å². The van der Waals surface area contributed by atoms with Crippen molar-refractivity contribution >= 4 is 11.8 Å². The number of aliphatic hydroxyl groups excluding tert-OH is 1. The second-order valence-corrected chi connectivity index (χ2v) is 5.30. The van der Waals surface area contributed by atoms with Crippen LogP contribution in [-0.2, 0) is 9.59 Å². The fourth-order valence-electron chi connectivity index (χ4n) is 2.46. The minimum atomic E-state index is -0.563. The molecule has 5 nitrogen and oxygen atoms in total. The Hall–Kier alpha value is -1.88. The zero-order valence-electron chi connectivity index (χ0n) is 12.1. The molecule has 1 saturated heterocycles. The van der Waals surface area contributed by atoms with Crippen molar-refractivity contribution in [2.75, 3.05) is 19.6 Å². The van der Waals surface area contributed by atoms with Gasteiger partial charge in [-0.15, -0.1) is 0 Å². The molecule has 1 heterocycles. The van der Waals surface area contributed by atoms with Gasteiger partial charge in [0, 0.05) is 32.5 Å². The van der Waals surface area contributed by atoms with Crippen molar-refractivity contribution < 1.29 is 14.7 Å². The van der Waals surface area contributed by atoms with E-state index in [4.69, 9.17) is 0 Å². The van der Waals surface area contributed by atoms with Crippen molar-refractivity contribution in [1.29, 1.82) is 0 Å². The SMILES string of the molecule is O=C(CCN1CCCC1=O)NCCC(O)c1ccccc1. The molecule has 5 heteroatoms. The lowest BCUT2D eigenvalue weighted by Crippen LogP contribution is -2.32. The largest absolute Gasteiger partial charge is 0.388 e. The van der Waals surface area contributed by atoms with Crippen molar-refractivity contribution in [3.63, 3.8) is 0 Å². The van der Waals surface area contributed by atoms with E-state index < -0.39 is 6.10 Å². The molecule has 0 aliphatic carbocycles. The number of rotatable bonds is 7. The van der Waals surface area contributed by atoms with E-state index >= 15 is 0 Å². The maximum absolute atomic E-state index is 11.7. The number of likely N-dealkylation sites (tertiary alicyclic amines) is 1. The summed E-state index contributed by atoms with van der Waals surface area (Å²) in [4.78, 5) is 24.8. The van der Waals surface area contributed by atoms with Crippen LogP contribution in [0.15, 0.2) is 30.3 Å². The Morgan fingerprint density at radius 1 is 1.33 bits per heavy atom. The lowest BCUT2D eigenvalue weighted by molar-refractivity contribution is -0.128. The fraction of sp³-hybridized carbons (Fsp3) is 0.500. The van der Waals surface area contributed by atoms with Gasteiger partial charge in [-0.2, -0.15) is 0 Å². The van der Waals surface area contributed by atoms with Gasteiger partial charge in [0.05, 0.1) is 6.10 Å². The summed E-state index contributed by atoms with van der Waals surface area (Å²) in [5.41, 5.74) is 0.856. The van der Waals surface area contributed by atoms with Crippen LogP contribution in [0.2, 0.25) is 0 Å². The number of hydrogen-bond donors (Lipinski definition) is 2. The van der Waals surface area contributed by atoms with Gasteiger partial charge in [-0.25, -0.2) is 0 Å². The summed E-state index contributed by atoms with van der Waals surface area (Å²) in [6.45, 7) is 1.69. The second-order valence-electron chi connectivity index (χ2n) is 5.30. The first-order valence-electron chi connectivity index (χ1n) is 7.44. The van der Waals surface area contributed by atoms with Crippen molar-refractivity contribution in [3.8, 4) is 0 Å². The first-order chi connectivity index (χ1) is 10.2. The van der Waals surface area contributed by atoms with Crippen LogP contribution in [0.3, 0.4) is 0 Å². The highest BCUT2D eigenvalue weighted by Crippen LogP contribution is 2.15. The Kier molecular flexibility index (Phi) is 5.75. The molecular formula is C16H22N2O3.